The molecule has 0 heterocycles. The minimum Gasteiger partial charge on any atom is -0.492 e. The van der Waals surface area contributed by atoms with Gasteiger partial charge in [0.15, 0.2) is 11.6 Å². The standard InChI is InChI=1S/C15H12ClF2NO2/c16-11-3-1-2-10(8-11)15(20)19-6-7-21-12-4-5-13(17)14(18)9-12/h1-5,8-9H,6-7H2,(H,19,20). The van der Waals surface area contributed by atoms with Crippen LogP contribution in [-0.4, -0.2) is 19.1 Å². The van der Waals surface area contributed by atoms with Crippen molar-refractivity contribution in [2.45, 2.75) is 0 Å². The summed E-state index contributed by atoms with van der Waals surface area (Å²) in [5, 5.41) is 3.10. The number of carbonyl (C=O) groups is 1. The van der Waals surface area contributed by atoms with Crippen molar-refractivity contribution in [1.29, 1.82) is 0 Å². The predicted molar refractivity (Wildman–Crippen MR) is 75.6 cm³/mol. The van der Waals surface area contributed by atoms with E-state index in [1.807, 2.05) is 0 Å². The van der Waals surface area contributed by atoms with E-state index in [1.165, 1.54) is 6.07 Å². The maximum atomic E-state index is 12.9. The first kappa shape index (κ1) is 15.3. The number of hydrogen-bond acceptors (Lipinski definition) is 2. The quantitative estimate of drug-likeness (QED) is 0.859. The fourth-order valence-corrected chi connectivity index (χ4v) is 1.82. The number of amides is 1. The van der Waals surface area contributed by atoms with Crippen molar-refractivity contribution in [2.24, 2.45) is 0 Å². The van der Waals surface area contributed by atoms with Crippen LogP contribution in [-0.2, 0) is 0 Å². The monoisotopic (exact) mass is 311 g/mol. The van der Waals surface area contributed by atoms with Crippen molar-refractivity contribution in [3.05, 3.63) is 64.7 Å². The summed E-state index contributed by atoms with van der Waals surface area (Å²) < 4.78 is 30.9. The molecule has 0 bridgehead atoms. The molecule has 0 unspecified atom stereocenters. The summed E-state index contributed by atoms with van der Waals surface area (Å²) in [5.41, 5.74) is 0.440. The average molecular weight is 312 g/mol. The third kappa shape index (κ3) is 4.43. The highest BCUT2D eigenvalue weighted by Gasteiger charge is 2.06. The van der Waals surface area contributed by atoms with Gasteiger partial charge < -0.3 is 10.1 Å². The molecule has 0 spiro atoms. The normalized spacial score (nSPS) is 10.2. The third-order valence-electron chi connectivity index (χ3n) is 2.63. The Morgan fingerprint density at radius 2 is 1.95 bits per heavy atom. The molecule has 1 amide bonds. The Labute approximate surface area is 125 Å². The van der Waals surface area contributed by atoms with Crippen LogP contribution in [0, 0.1) is 11.6 Å². The molecule has 1 N–H and O–H groups in total. The summed E-state index contributed by atoms with van der Waals surface area (Å²) in [6.07, 6.45) is 0. The van der Waals surface area contributed by atoms with Crippen LogP contribution in [0.2, 0.25) is 5.02 Å². The highest BCUT2D eigenvalue weighted by Crippen LogP contribution is 2.15. The maximum absolute atomic E-state index is 12.9. The first-order chi connectivity index (χ1) is 10.1. The van der Waals surface area contributed by atoms with E-state index in [-0.39, 0.29) is 24.8 Å². The maximum Gasteiger partial charge on any atom is 0.251 e. The molecule has 0 fully saturated rings. The summed E-state index contributed by atoms with van der Waals surface area (Å²) in [6.45, 7) is 0.363. The second-order valence-electron chi connectivity index (χ2n) is 4.19. The highest BCUT2D eigenvalue weighted by atomic mass is 35.5. The lowest BCUT2D eigenvalue weighted by Gasteiger charge is -2.08. The Bertz CT molecular complexity index is 649. The van der Waals surface area contributed by atoms with Gasteiger partial charge in [-0.1, -0.05) is 17.7 Å². The second kappa shape index (κ2) is 7.04. The van der Waals surface area contributed by atoms with Crippen LogP contribution in [0.3, 0.4) is 0 Å². The largest absolute Gasteiger partial charge is 0.492 e. The molecule has 2 rings (SSSR count). The molecular formula is C15H12ClF2NO2. The van der Waals surface area contributed by atoms with E-state index in [0.29, 0.717) is 10.6 Å². The molecule has 21 heavy (non-hydrogen) atoms. The van der Waals surface area contributed by atoms with Gasteiger partial charge in [-0.2, -0.15) is 0 Å². The highest BCUT2D eigenvalue weighted by molar-refractivity contribution is 6.30. The molecule has 0 aliphatic carbocycles. The van der Waals surface area contributed by atoms with Crippen LogP contribution in [0.5, 0.6) is 5.75 Å². The molecule has 2 aromatic carbocycles. The summed E-state index contributed by atoms with van der Waals surface area (Å²) in [7, 11) is 0. The van der Waals surface area contributed by atoms with Gasteiger partial charge in [-0.15, -0.1) is 0 Å². The molecule has 0 aromatic heterocycles. The first-order valence-corrected chi connectivity index (χ1v) is 6.55. The Hall–Kier alpha value is -2.14. The van der Waals surface area contributed by atoms with Crippen LogP contribution in [0.4, 0.5) is 8.78 Å². The molecule has 0 atom stereocenters. The third-order valence-corrected chi connectivity index (χ3v) is 2.87. The lowest BCUT2D eigenvalue weighted by molar-refractivity contribution is 0.0947. The topological polar surface area (TPSA) is 38.3 Å². The smallest absolute Gasteiger partial charge is 0.251 e. The molecule has 2 aromatic rings. The van der Waals surface area contributed by atoms with E-state index in [9.17, 15) is 13.6 Å². The molecule has 110 valence electrons. The van der Waals surface area contributed by atoms with Gasteiger partial charge in [0.2, 0.25) is 0 Å². The Morgan fingerprint density at radius 3 is 2.67 bits per heavy atom. The number of ether oxygens (including phenoxy) is 1. The summed E-state index contributed by atoms with van der Waals surface area (Å²) in [6, 6.07) is 9.78. The number of benzene rings is 2. The van der Waals surface area contributed by atoms with Crippen LogP contribution in [0.1, 0.15) is 10.4 Å². The molecule has 0 saturated heterocycles. The lowest BCUT2D eigenvalue weighted by atomic mass is 10.2. The van der Waals surface area contributed by atoms with E-state index < -0.39 is 11.6 Å². The van der Waals surface area contributed by atoms with E-state index >= 15 is 0 Å². The number of halogens is 3. The molecule has 0 aliphatic rings. The SMILES string of the molecule is O=C(NCCOc1ccc(F)c(F)c1)c1cccc(Cl)c1. The molecule has 3 nitrogen and oxygen atoms in total. The van der Waals surface area contributed by atoms with Crippen LogP contribution < -0.4 is 10.1 Å². The van der Waals surface area contributed by atoms with Crippen molar-refractivity contribution >= 4 is 17.5 Å². The Balaban J connectivity index is 1.79. The zero-order valence-corrected chi connectivity index (χ0v) is 11.7. The molecule has 0 radical (unpaired) electrons. The summed E-state index contributed by atoms with van der Waals surface area (Å²) >= 11 is 5.79. The fraction of sp³-hybridized carbons (Fsp3) is 0.133. The molecule has 6 heteroatoms. The molecular weight excluding hydrogens is 300 g/mol. The van der Waals surface area contributed by atoms with Crippen molar-refractivity contribution in [3.8, 4) is 5.75 Å². The van der Waals surface area contributed by atoms with Crippen molar-refractivity contribution < 1.29 is 18.3 Å². The van der Waals surface area contributed by atoms with Gasteiger partial charge in [-0.3, -0.25) is 4.79 Å². The van der Waals surface area contributed by atoms with Gasteiger partial charge in [0.1, 0.15) is 12.4 Å². The van der Waals surface area contributed by atoms with Gasteiger partial charge in [0, 0.05) is 16.7 Å². The van der Waals surface area contributed by atoms with Gasteiger partial charge >= 0.3 is 0 Å². The van der Waals surface area contributed by atoms with Crippen LogP contribution in [0.25, 0.3) is 0 Å². The lowest BCUT2D eigenvalue weighted by Crippen LogP contribution is -2.28. The van der Waals surface area contributed by atoms with E-state index in [4.69, 9.17) is 16.3 Å². The van der Waals surface area contributed by atoms with Crippen LogP contribution >= 0.6 is 11.6 Å². The minimum atomic E-state index is -0.976. The predicted octanol–water partition coefficient (Wildman–Crippen LogP) is 3.43. The van der Waals surface area contributed by atoms with Gasteiger partial charge in [0.05, 0.1) is 6.54 Å². The Morgan fingerprint density at radius 1 is 1.14 bits per heavy atom. The summed E-state index contributed by atoms with van der Waals surface area (Å²) in [5.74, 6) is -2.00. The minimum absolute atomic E-state index is 0.136. The van der Waals surface area contributed by atoms with Crippen molar-refractivity contribution in [1.82, 2.24) is 5.32 Å². The average Bonchev–Trinajstić information content (AvgIpc) is 2.47. The van der Waals surface area contributed by atoms with Gasteiger partial charge in [-0.05, 0) is 30.3 Å². The van der Waals surface area contributed by atoms with E-state index in [0.717, 1.165) is 12.1 Å². The van der Waals surface area contributed by atoms with Crippen molar-refractivity contribution in [2.75, 3.05) is 13.2 Å². The van der Waals surface area contributed by atoms with E-state index in [2.05, 4.69) is 5.32 Å². The number of nitrogens with one attached hydrogen (secondary N) is 1. The molecule has 0 aliphatic heterocycles. The van der Waals surface area contributed by atoms with Crippen molar-refractivity contribution in [3.63, 3.8) is 0 Å². The van der Waals surface area contributed by atoms with Gasteiger partial charge in [-0.25, -0.2) is 8.78 Å². The zero-order valence-electron chi connectivity index (χ0n) is 10.9. The zero-order chi connectivity index (χ0) is 15.2. The number of hydrogen-bond donors (Lipinski definition) is 1. The number of carbonyl (C=O) groups excluding carboxylic acids is 1. The Kier molecular flexibility index (Phi) is 5.11. The van der Waals surface area contributed by atoms with Gasteiger partial charge in [0.25, 0.3) is 5.91 Å². The van der Waals surface area contributed by atoms with E-state index in [1.54, 1.807) is 24.3 Å². The second-order valence-corrected chi connectivity index (χ2v) is 4.63. The fourth-order valence-electron chi connectivity index (χ4n) is 1.63. The summed E-state index contributed by atoms with van der Waals surface area (Å²) in [4.78, 5) is 11.8. The first-order valence-electron chi connectivity index (χ1n) is 6.18. The van der Waals surface area contributed by atoms with Crippen LogP contribution in [0.15, 0.2) is 42.5 Å². The molecule has 0 saturated carbocycles. The number of rotatable bonds is 5.